The summed E-state index contributed by atoms with van der Waals surface area (Å²) >= 11 is 0. The maximum absolute atomic E-state index is 12.2. The molecule has 4 heteroatoms. The molecule has 0 spiro atoms. The summed E-state index contributed by atoms with van der Waals surface area (Å²) in [6.07, 6.45) is 1.71. The van der Waals surface area contributed by atoms with Crippen LogP contribution in [0, 0.1) is 5.92 Å². The summed E-state index contributed by atoms with van der Waals surface area (Å²) in [4.78, 5) is 12.2. The summed E-state index contributed by atoms with van der Waals surface area (Å²) in [6, 6.07) is 10.2. The zero-order chi connectivity index (χ0) is 16.6. The van der Waals surface area contributed by atoms with E-state index in [-0.39, 0.29) is 16.9 Å². The average Bonchev–Trinajstić information content (AvgIpc) is 2.43. The van der Waals surface area contributed by atoms with Gasteiger partial charge in [0.1, 0.15) is 0 Å². The number of esters is 1. The predicted octanol–water partition coefficient (Wildman–Crippen LogP) is 4.49. The number of hydrogen-bond donors (Lipinski definition) is 0. The van der Waals surface area contributed by atoms with Crippen LogP contribution in [0.4, 0.5) is 0 Å². The Labute approximate surface area is 135 Å². The van der Waals surface area contributed by atoms with Crippen molar-refractivity contribution in [3.63, 3.8) is 0 Å². The summed E-state index contributed by atoms with van der Waals surface area (Å²) in [5, 5.41) is 0.102. The lowest BCUT2D eigenvalue weighted by Gasteiger charge is -2.54. The Morgan fingerprint density at radius 1 is 1.23 bits per heavy atom. The number of rotatable bonds is 4. The lowest BCUT2D eigenvalue weighted by Crippen LogP contribution is -2.58. The molecule has 1 fully saturated rings. The molecule has 0 N–H and O–H groups in total. The molecule has 3 nitrogen and oxygen atoms in total. The minimum absolute atomic E-state index is 0.102. The molecule has 0 bridgehead atoms. The molecule has 1 aromatic carbocycles. The maximum Gasteiger partial charge on any atom is 0.311 e. The second-order valence-corrected chi connectivity index (χ2v) is 12.5. The van der Waals surface area contributed by atoms with Gasteiger partial charge in [0.15, 0.2) is 8.32 Å². The van der Waals surface area contributed by atoms with Crippen LogP contribution in [0.1, 0.15) is 39.2 Å². The highest BCUT2D eigenvalue weighted by Gasteiger charge is 2.57. The van der Waals surface area contributed by atoms with Crippen molar-refractivity contribution in [2.24, 2.45) is 5.92 Å². The topological polar surface area (TPSA) is 35.5 Å². The Morgan fingerprint density at radius 3 is 2.23 bits per heavy atom. The van der Waals surface area contributed by atoms with Crippen molar-refractivity contribution in [2.45, 2.75) is 57.3 Å². The van der Waals surface area contributed by atoms with Crippen LogP contribution in [0.5, 0.6) is 0 Å². The Kier molecular flexibility index (Phi) is 4.55. The molecular formula is C18H28O3Si. The fourth-order valence-corrected chi connectivity index (χ4v) is 4.44. The van der Waals surface area contributed by atoms with Gasteiger partial charge in [0.2, 0.25) is 0 Å². The van der Waals surface area contributed by atoms with Crippen LogP contribution in [0.25, 0.3) is 0 Å². The average molecular weight is 321 g/mol. The van der Waals surface area contributed by atoms with Crippen molar-refractivity contribution >= 4 is 14.3 Å². The van der Waals surface area contributed by atoms with E-state index in [2.05, 4.69) is 46.0 Å². The highest BCUT2D eigenvalue weighted by atomic mass is 28.4. The van der Waals surface area contributed by atoms with Crippen molar-refractivity contribution in [3.05, 3.63) is 35.9 Å². The van der Waals surface area contributed by atoms with Crippen molar-refractivity contribution < 1.29 is 14.0 Å². The molecule has 2 rings (SSSR count). The Morgan fingerprint density at radius 2 is 1.82 bits per heavy atom. The van der Waals surface area contributed by atoms with Crippen molar-refractivity contribution in [1.82, 2.24) is 0 Å². The molecule has 0 amide bonds. The molecule has 1 saturated carbocycles. The summed E-state index contributed by atoms with van der Waals surface area (Å²) in [5.41, 5.74) is 0.582. The first-order valence-electron chi connectivity index (χ1n) is 7.97. The van der Waals surface area contributed by atoms with Gasteiger partial charge in [0.25, 0.3) is 0 Å². The van der Waals surface area contributed by atoms with Gasteiger partial charge in [-0.25, -0.2) is 0 Å². The Hall–Kier alpha value is -1.13. The summed E-state index contributed by atoms with van der Waals surface area (Å²) < 4.78 is 11.8. The van der Waals surface area contributed by atoms with Crippen molar-refractivity contribution in [1.29, 1.82) is 0 Å². The van der Waals surface area contributed by atoms with Gasteiger partial charge in [0.05, 0.1) is 18.6 Å². The first-order chi connectivity index (χ1) is 10.1. The van der Waals surface area contributed by atoms with E-state index in [1.165, 1.54) is 7.11 Å². The molecule has 1 aliphatic rings. The van der Waals surface area contributed by atoms with Crippen LogP contribution in [-0.2, 0) is 19.6 Å². The fourth-order valence-electron chi connectivity index (χ4n) is 2.86. The quantitative estimate of drug-likeness (QED) is 0.606. The van der Waals surface area contributed by atoms with Gasteiger partial charge < -0.3 is 9.16 Å². The molecule has 22 heavy (non-hydrogen) atoms. The maximum atomic E-state index is 12.2. The van der Waals surface area contributed by atoms with Gasteiger partial charge in [-0.05, 0) is 36.5 Å². The predicted molar refractivity (Wildman–Crippen MR) is 91.1 cm³/mol. The second-order valence-electron chi connectivity index (χ2n) is 7.73. The molecule has 122 valence electrons. The SMILES string of the molecule is COC(=O)[C@@H]1CC[C@]1(O[Si](C)(C)C(C)(C)C)c1ccccc1. The molecule has 0 aromatic heterocycles. The van der Waals surface area contributed by atoms with Crippen molar-refractivity contribution in [3.8, 4) is 0 Å². The van der Waals surface area contributed by atoms with Crippen LogP contribution in [0.2, 0.25) is 18.1 Å². The first kappa shape index (κ1) is 17.2. The van der Waals surface area contributed by atoms with E-state index in [0.717, 1.165) is 18.4 Å². The zero-order valence-electron chi connectivity index (χ0n) is 14.6. The molecule has 1 aromatic rings. The molecule has 0 aliphatic heterocycles. The van der Waals surface area contributed by atoms with Gasteiger partial charge in [-0.15, -0.1) is 0 Å². The molecule has 0 unspecified atom stereocenters. The van der Waals surface area contributed by atoms with E-state index in [4.69, 9.17) is 9.16 Å². The van der Waals surface area contributed by atoms with E-state index in [9.17, 15) is 4.79 Å². The highest BCUT2D eigenvalue weighted by Crippen LogP contribution is 2.54. The van der Waals surface area contributed by atoms with Crippen LogP contribution < -0.4 is 0 Å². The number of methoxy groups -OCH3 is 1. The second kappa shape index (κ2) is 5.82. The van der Waals surface area contributed by atoms with Gasteiger partial charge in [-0.3, -0.25) is 4.79 Å². The van der Waals surface area contributed by atoms with E-state index in [1.807, 2.05) is 18.2 Å². The zero-order valence-corrected chi connectivity index (χ0v) is 15.6. The van der Waals surface area contributed by atoms with E-state index in [1.54, 1.807) is 0 Å². The normalized spacial score (nSPS) is 25.5. The Bertz CT molecular complexity index is 533. The highest BCUT2D eigenvalue weighted by molar-refractivity contribution is 6.74. The van der Waals surface area contributed by atoms with Gasteiger partial charge in [-0.1, -0.05) is 51.1 Å². The third kappa shape index (κ3) is 2.86. The standard InChI is InChI=1S/C18H28O3Si/c1-17(2,3)22(5,6)21-18(14-10-8-7-9-11-14)13-12-15(18)16(19)20-4/h7-11,15H,12-13H2,1-6H3/t15-,18-/m0/s1. The van der Waals surface area contributed by atoms with Gasteiger partial charge >= 0.3 is 5.97 Å². The van der Waals surface area contributed by atoms with E-state index >= 15 is 0 Å². The van der Waals surface area contributed by atoms with Gasteiger partial charge in [0, 0.05) is 0 Å². The number of carbonyl (C=O) groups is 1. The molecule has 1 aliphatic carbocycles. The third-order valence-electron chi connectivity index (χ3n) is 5.36. The van der Waals surface area contributed by atoms with Crippen LogP contribution in [-0.4, -0.2) is 21.4 Å². The third-order valence-corrected chi connectivity index (χ3v) is 9.85. The smallest absolute Gasteiger partial charge is 0.311 e. The fraction of sp³-hybridized carbons (Fsp3) is 0.611. The van der Waals surface area contributed by atoms with E-state index < -0.39 is 13.9 Å². The molecular weight excluding hydrogens is 292 g/mol. The summed E-state index contributed by atoms with van der Waals surface area (Å²) in [5.74, 6) is -0.358. The summed E-state index contributed by atoms with van der Waals surface area (Å²) in [7, 11) is -0.540. The number of hydrogen-bond acceptors (Lipinski definition) is 3. The number of ether oxygens (including phenoxy) is 1. The minimum Gasteiger partial charge on any atom is -0.469 e. The van der Waals surface area contributed by atoms with Crippen LogP contribution in [0.15, 0.2) is 30.3 Å². The Balaban J connectivity index is 2.43. The van der Waals surface area contributed by atoms with Gasteiger partial charge in [-0.2, -0.15) is 0 Å². The van der Waals surface area contributed by atoms with Crippen molar-refractivity contribution in [2.75, 3.05) is 7.11 Å². The van der Waals surface area contributed by atoms with Crippen LogP contribution >= 0.6 is 0 Å². The summed E-state index contributed by atoms with van der Waals surface area (Å²) in [6.45, 7) is 11.2. The van der Waals surface area contributed by atoms with Crippen LogP contribution in [0.3, 0.4) is 0 Å². The largest absolute Gasteiger partial charge is 0.469 e. The lowest BCUT2D eigenvalue weighted by molar-refractivity contribution is -0.169. The molecule has 0 radical (unpaired) electrons. The minimum atomic E-state index is -2.00. The lowest BCUT2D eigenvalue weighted by atomic mass is 9.65. The van der Waals surface area contributed by atoms with E-state index in [0.29, 0.717) is 0 Å². The molecule has 0 saturated heterocycles. The monoisotopic (exact) mass is 320 g/mol. The number of benzene rings is 1. The molecule has 0 heterocycles. The first-order valence-corrected chi connectivity index (χ1v) is 10.9. The molecule has 2 atom stereocenters. The number of carbonyl (C=O) groups excluding carboxylic acids is 1.